The molecule has 0 N–H and O–H groups in total. The lowest BCUT2D eigenvalue weighted by molar-refractivity contribution is 0.486. The molecule has 0 radical (unpaired) electrons. The van der Waals surface area contributed by atoms with E-state index in [9.17, 15) is 8.42 Å². The molecule has 0 aliphatic rings. The molecule has 2 aromatic carbocycles. The highest BCUT2D eigenvalue weighted by Gasteiger charge is 2.18. The molecule has 0 aliphatic carbocycles. The van der Waals surface area contributed by atoms with Crippen LogP contribution in [0.5, 0.6) is 5.75 Å². The van der Waals surface area contributed by atoms with Gasteiger partial charge in [-0.2, -0.15) is 8.42 Å². The van der Waals surface area contributed by atoms with E-state index in [-0.39, 0.29) is 10.6 Å². The molecular formula is C13H8ClNO3S3. The van der Waals surface area contributed by atoms with Crippen LogP contribution in [0.25, 0.3) is 10.2 Å². The Morgan fingerprint density at radius 3 is 2.57 bits per heavy atom. The van der Waals surface area contributed by atoms with Crippen molar-refractivity contribution in [2.24, 2.45) is 0 Å². The fraction of sp³-hybridized carbons (Fsp3) is 0. The van der Waals surface area contributed by atoms with Gasteiger partial charge in [-0.05, 0) is 42.5 Å². The standard InChI is InChI=1S/C13H8ClNO3S3/c14-8-1-3-9(4-2-8)18-21(16,17)10-5-6-12-11(7-10)15-13(19)20-12/h1-7H,(H,15,19). The van der Waals surface area contributed by atoms with Gasteiger partial charge in [-0.25, -0.2) is 4.98 Å². The molecule has 8 heteroatoms. The Labute approximate surface area is 135 Å². The third-order valence-electron chi connectivity index (χ3n) is 2.66. The van der Waals surface area contributed by atoms with Crippen molar-refractivity contribution in [2.75, 3.05) is 0 Å². The number of hydrogen-bond donors (Lipinski definition) is 1. The molecule has 0 bridgehead atoms. The van der Waals surface area contributed by atoms with Gasteiger partial charge in [0, 0.05) is 5.02 Å². The average molecular weight is 358 g/mol. The summed E-state index contributed by atoms with van der Waals surface area (Å²) in [6, 6.07) is 10.7. The van der Waals surface area contributed by atoms with Crippen molar-refractivity contribution < 1.29 is 12.6 Å². The highest BCUT2D eigenvalue weighted by Crippen LogP contribution is 2.28. The summed E-state index contributed by atoms with van der Waals surface area (Å²) >= 11 is 11.3. The first-order chi connectivity index (χ1) is 9.94. The van der Waals surface area contributed by atoms with Crippen LogP contribution >= 0.6 is 35.6 Å². The maximum absolute atomic E-state index is 12.2. The van der Waals surface area contributed by atoms with Crippen molar-refractivity contribution in [3.05, 3.63) is 47.5 Å². The molecule has 0 spiro atoms. The van der Waals surface area contributed by atoms with Crippen LogP contribution in [0, 0.1) is 0 Å². The predicted molar refractivity (Wildman–Crippen MR) is 86.1 cm³/mol. The molecule has 0 aliphatic heterocycles. The fourth-order valence-corrected chi connectivity index (χ4v) is 3.88. The van der Waals surface area contributed by atoms with E-state index in [1.54, 1.807) is 18.2 Å². The van der Waals surface area contributed by atoms with Crippen molar-refractivity contribution in [2.45, 2.75) is 9.24 Å². The Balaban J connectivity index is 1.97. The third-order valence-corrected chi connectivity index (χ3v) is 5.36. The summed E-state index contributed by atoms with van der Waals surface area (Å²) in [4.78, 5) is 4.20. The van der Waals surface area contributed by atoms with Gasteiger partial charge in [0.1, 0.15) is 15.0 Å². The summed E-state index contributed by atoms with van der Waals surface area (Å²) < 4.78 is 31.0. The summed E-state index contributed by atoms with van der Waals surface area (Å²) in [5, 5.41) is 0.505. The first-order valence-electron chi connectivity index (χ1n) is 5.74. The highest BCUT2D eigenvalue weighted by molar-refractivity contribution is 7.87. The van der Waals surface area contributed by atoms with Crippen molar-refractivity contribution in [3.63, 3.8) is 0 Å². The summed E-state index contributed by atoms with van der Waals surface area (Å²) in [5.74, 6) is 0.202. The molecule has 0 saturated heterocycles. The number of nitrogens with zero attached hydrogens (tertiary/aromatic N) is 1. The Kier molecular flexibility index (Phi) is 3.83. The molecule has 0 fully saturated rings. The average Bonchev–Trinajstić information content (AvgIpc) is 2.80. The van der Waals surface area contributed by atoms with Crippen LogP contribution in [-0.4, -0.2) is 13.4 Å². The molecule has 0 saturated carbocycles. The number of hydrogen-bond acceptors (Lipinski definition) is 6. The molecule has 1 heterocycles. The van der Waals surface area contributed by atoms with Gasteiger partial charge in [0.05, 0.1) is 10.2 Å². The Bertz CT molecular complexity index is 904. The summed E-state index contributed by atoms with van der Waals surface area (Å²) in [5.41, 5.74) is 0.575. The zero-order valence-corrected chi connectivity index (χ0v) is 13.6. The maximum Gasteiger partial charge on any atom is 0.339 e. The van der Waals surface area contributed by atoms with Crippen LogP contribution in [0.15, 0.2) is 51.7 Å². The normalized spacial score (nSPS) is 11.7. The molecule has 3 rings (SSSR count). The number of rotatable bonds is 3. The van der Waals surface area contributed by atoms with Crippen LogP contribution in [0.1, 0.15) is 0 Å². The zero-order valence-electron chi connectivity index (χ0n) is 10.4. The number of fused-ring (bicyclic) bond motifs is 1. The fourth-order valence-electron chi connectivity index (χ4n) is 1.72. The molecule has 108 valence electrons. The van der Waals surface area contributed by atoms with E-state index in [1.807, 2.05) is 0 Å². The molecule has 0 atom stereocenters. The van der Waals surface area contributed by atoms with Crippen LogP contribution in [0.2, 0.25) is 5.02 Å². The van der Waals surface area contributed by atoms with E-state index in [0.29, 0.717) is 14.9 Å². The van der Waals surface area contributed by atoms with Gasteiger partial charge in [-0.3, -0.25) is 0 Å². The lowest BCUT2D eigenvalue weighted by Crippen LogP contribution is -2.09. The molecule has 21 heavy (non-hydrogen) atoms. The minimum Gasteiger partial charge on any atom is -0.379 e. The largest absolute Gasteiger partial charge is 0.379 e. The van der Waals surface area contributed by atoms with Crippen LogP contribution < -0.4 is 4.18 Å². The van der Waals surface area contributed by atoms with Gasteiger partial charge >= 0.3 is 10.1 Å². The van der Waals surface area contributed by atoms with Crippen LogP contribution in [-0.2, 0) is 10.1 Å². The van der Waals surface area contributed by atoms with Crippen molar-refractivity contribution in [3.8, 4) is 5.75 Å². The first kappa shape index (κ1) is 14.6. The molecule has 0 unspecified atom stereocenters. The SMILES string of the molecule is O=S(=O)(Oc1ccc(Cl)cc1)c1ccc2sc(S)nc2c1. The van der Waals surface area contributed by atoms with E-state index in [1.165, 1.54) is 35.6 Å². The molecule has 4 nitrogen and oxygen atoms in total. The Morgan fingerprint density at radius 2 is 1.86 bits per heavy atom. The second kappa shape index (κ2) is 5.49. The minimum atomic E-state index is -3.91. The second-order valence-electron chi connectivity index (χ2n) is 4.12. The maximum atomic E-state index is 12.2. The zero-order chi connectivity index (χ0) is 15.0. The molecule has 0 amide bonds. The Hall–Kier alpha value is -1.28. The minimum absolute atomic E-state index is 0.0450. The van der Waals surface area contributed by atoms with E-state index < -0.39 is 10.1 Å². The van der Waals surface area contributed by atoms with Gasteiger partial charge in [-0.1, -0.05) is 11.6 Å². The smallest absolute Gasteiger partial charge is 0.339 e. The van der Waals surface area contributed by atoms with Gasteiger partial charge in [0.15, 0.2) is 0 Å². The number of benzene rings is 2. The third kappa shape index (κ3) is 3.16. The van der Waals surface area contributed by atoms with E-state index in [0.717, 1.165) is 4.70 Å². The summed E-state index contributed by atoms with van der Waals surface area (Å²) in [7, 11) is -3.91. The van der Waals surface area contributed by atoms with Gasteiger partial charge in [0.2, 0.25) is 0 Å². The molecule has 3 aromatic rings. The van der Waals surface area contributed by atoms with Crippen LogP contribution in [0.4, 0.5) is 0 Å². The van der Waals surface area contributed by atoms with E-state index in [4.69, 9.17) is 15.8 Å². The van der Waals surface area contributed by atoms with Crippen LogP contribution in [0.3, 0.4) is 0 Å². The quantitative estimate of drug-likeness (QED) is 0.568. The first-order valence-corrected chi connectivity index (χ1v) is 8.79. The van der Waals surface area contributed by atoms with Crippen molar-refractivity contribution >= 4 is 55.9 Å². The Morgan fingerprint density at radius 1 is 1.14 bits per heavy atom. The number of aromatic nitrogens is 1. The van der Waals surface area contributed by atoms with Gasteiger partial charge < -0.3 is 4.18 Å². The van der Waals surface area contributed by atoms with Gasteiger partial charge in [-0.15, -0.1) is 24.0 Å². The lowest BCUT2D eigenvalue weighted by Gasteiger charge is -2.06. The molecular weight excluding hydrogens is 350 g/mol. The lowest BCUT2D eigenvalue weighted by atomic mass is 10.3. The summed E-state index contributed by atoms with van der Waals surface area (Å²) in [6.07, 6.45) is 0. The topological polar surface area (TPSA) is 56.3 Å². The van der Waals surface area contributed by atoms with Crippen molar-refractivity contribution in [1.29, 1.82) is 0 Å². The monoisotopic (exact) mass is 357 g/mol. The highest BCUT2D eigenvalue weighted by atomic mass is 35.5. The molecule has 1 aromatic heterocycles. The number of halogens is 1. The number of thiol groups is 1. The van der Waals surface area contributed by atoms with E-state index in [2.05, 4.69) is 17.6 Å². The van der Waals surface area contributed by atoms with Crippen molar-refractivity contribution in [1.82, 2.24) is 4.98 Å². The van der Waals surface area contributed by atoms with Gasteiger partial charge in [0.25, 0.3) is 0 Å². The second-order valence-corrected chi connectivity index (χ2v) is 7.86. The summed E-state index contributed by atoms with van der Waals surface area (Å²) in [6.45, 7) is 0. The predicted octanol–water partition coefficient (Wildman–Crippen LogP) is 4.01. The number of thiazole rings is 1. The van der Waals surface area contributed by atoms with E-state index >= 15 is 0 Å².